The molecule has 0 unspecified atom stereocenters. The molecule has 3 heterocycles. The first-order valence-electron chi connectivity index (χ1n) is 11.2. The summed E-state index contributed by atoms with van der Waals surface area (Å²) in [6.45, 7) is 4.33. The van der Waals surface area contributed by atoms with Gasteiger partial charge < -0.3 is 19.6 Å². The minimum Gasteiger partial charge on any atom is -0.386 e. The fourth-order valence-corrected chi connectivity index (χ4v) is 4.89. The topological polar surface area (TPSA) is 87.9 Å². The molecule has 33 heavy (non-hydrogen) atoms. The Labute approximate surface area is 192 Å². The summed E-state index contributed by atoms with van der Waals surface area (Å²) in [6.07, 6.45) is 1.76. The monoisotopic (exact) mass is 458 g/mol. The molecule has 1 aromatic heterocycles. The average Bonchev–Trinajstić information content (AvgIpc) is 3.17. The third-order valence-corrected chi connectivity index (χ3v) is 7.12. The lowest BCUT2D eigenvalue weighted by Crippen LogP contribution is -2.64. The van der Waals surface area contributed by atoms with Crippen LogP contribution in [0.1, 0.15) is 43.6 Å². The van der Waals surface area contributed by atoms with Crippen LogP contribution in [0.3, 0.4) is 0 Å². The minimum absolute atomic E-state index is 0.1000. The van der Waals surface area contributed by atoms with Gasteiger partial charge in [0.25, 0.3) is 5.91 Å². The molecule has 0 radical (unpaired) electrons. The zero-order chi connectivity index (χ0) is 24.0. The molecule has 2 aliphatic heterocycles. The SMILES string of the molecule is CC(=O)N(C)[C@H]1CC2(CCN(C(=O)c3cc(-c4ccc(F)cc4)n(C)n3)CC2)OC[C@]1(C)O. The van der Waals surface area contributed by atoms with Crippen molar-refractivity contribution in [3.8, 4) is 11.3 Å². The van der Waals surface area contributed by atoms with E-state index in [1.807, 2.05) is 0 Å². The van der Waals surface area contributed by atoms with E-state index in [9.17, 15) is 19.1 Å². The Morgan fingerprint density at radius 3 is 2.48 bits per heavy atom. The highest BCUT2D eigenvalue weighted by molar-refractivity contribution is 5.93. The van der Waals surface area contributed by atoms with Crippen molar-refractivity contribution in [1.29, 1.82) is 0 Å². The number of rotatable bonds is 3. The second kappa shape index (κ2) is 8.53. The van der Waals surface area contributed by atoms with Gasteiger partial charge in [-0.15, -0.1) is 0 Å². The maximum Gasteiger partial charge on any atom is 0.274 e. The van der Waals surface area contributed by atoms with Gasteiger partial charge in [-0.3, -0.25) is 14.3 Å². The first-order chi connectivity index (χ1) is 15.5. The number of carbonyl (C=O) groups excluding carboxylic acids is 2. The summed E-state index contributed by atoms with van der Waals surface area (Å²) < 4.78 is 21.0. The van der Waals surface area contributed by atoms with E-state index in [1.165, 1.54) is 19.1 Å². The minimum atomic E-state index is -1.12. The molecule has 0 saturated carbocycles. The second-order valence-electron chi connectivity index (χ2n) is 9.52. The van der Waals surface area contributed by atoms with Crippen LogP contribution in [0.5, 0.6) is 0 Å². The van der Waals surface area contributed by atoms with E-state index < -0.39 is 11.2 Å². The number of nitrogens with zero attached hydrogens (tertiary/aromatic N) is 4. The van der Waals surface area contributed by atoms with Crippen molar-refractivity contribution in [2.75, 3.05) is 26.7 Å². The Kier molecular flexibility index (Phi) is 6.05. The molecule has 1 spiro atoms. The number of piperidine rings is 1. The molecule has 178 valence electrons. The van der Waals surface area contributed by atoms with Gasteiger partial charge in [-0.2, -0.15) is 5.10 Å². The van der Waals surface area contributed by atoms with Gasteiger partial charge in [-0.1, -0.05) is 0 Å². The lowest BCUT2D eigenvalue weighted by Gasteiger charge is -2.52. The van der Waals surface area contributed by atoms with E-state index in [4.69, 9.17) is 4.74 Å². The molecule has 2 atom stereocenters. The zero-order valence-electron chi connectivity index (χ0n) is 19.5. The number of aliphatic hydroxyl groups is 1. The van der Waals surface area contributed by atoms with Crippen LogP contribution in [0.2, 0.25) is 0 Å². The van der Waals surface area contributed by atoms with Gasteiger partial charge in [0.05, 0.1) is 23.9 Å². The molecule has 0 aliphatic carbocycles. The van der Waals surface area contributed by atoms with Gasteiger partial charge in [0.1, 0.15) is 11.4 Å². The third kappa shape index (κ3) is 4.52. The average molecular weight is 459 g/mol. The summed E-state index contributed by atoms with van der Waals surface area (Å²) in [5.41, 5.74) is 0.265. The molecule has 0 bridgehead atoms. The predicted octanol–water partition coefficient (Wildman–Crippen LogP) is 2.22. The highest BCUT2D eigenvalue weighted by Crippen LogP contribution is 2.40. The van der Waals surface area contributed by atoms with E-state index >= 15 is 0 Å². The van der Waals surface area contributed by atoms with Crippen molar-refractivity contribution >= 4 is 11.8 Å². The summed E-state index contributed by atoms with van der Waals surface area (Å²) in [5, 5.41) is 15.2. The molecule has 2 fully saturated rings. The molecular formula is C24H31FN4O4. The lowest BCUT2D eigenvalue weighted by atomic mass is 9.77. The number of hydrogen-bond donors (Lipinski definition) is 1. The van der Waals surface area contributed by atoms with Gasteiger partial charge in [0.2, 0.25) is 5.91 Å². The van der Waals surface area contributed by atoms with E-state index in [1.54, 1.807) is 53.7 Å². The van der Waals surface area contributed by atoms with Crippen molar-refractivity contribution in [3.05, 3.63) is 41.8 Å². The van der Waals surface area contributed by atoms with Gasteiger partial charge >= 0.3 is 0 Å². The number of aryl methyl sites for hydroxylation is 1. The number of aromatic nitrogens is 2. The van der Waals surface area contributed by atoms with Crippen molar-refractivity contribution in [1.82, 2.24) is 19.6 Å². The molecule has 2 amide bonds. The van der Waals surface area contributed by atoms with E-state index in [-0.39, 0.29) is 30.3 Å². The van der Waals surface area contributed by atoms with Crippen LogP contribution < -0.4 is 0 Å². The Hall–Kier alpha value is -2.78. The van der Waals surface area contributed by atoms with Crippen molar-refractivity contribution < 1.29 is 23.8 Å². The fourth-order valence-electron chi connectivity index (χ4n) is 4.89. The zero-order valence-corrected chi connectivity index (χ0v) is 19.5. The highest BCUT2D eigenvalue weighted by Gasteiger charge is 2.50. The number of ether oxygens (including phenoxy) is 1. The summed E-state index contributed by atoms with van der Waals surface area (Å²) in [4.78, 5) is 28.4. The fraction of sp³-hybridized carbons (Fsp3) is 0.542. The molecule has 1 aromatic carbocycles. The number of carbonyl (C=O) groups is 2. The van der Waals surface area contributed by atoms with Crippen LogP contribution in [0.25, 0.3) is 11.3 Å². The molecule has 2 aromatic rings. The van der Waals surface area contributed by atoms with Crippen LogP contribution in [-0.4, -0.2) is 80.5 Å². The van der Waals surface area contributed by atoms with Crippen LogP contribution in [0, 0.1) is 5.82 Å². The summed E-state index contributed by atoms with van der Waals surface area (Å²) in [6, 6.07) is 7.47. The number of halogens is 1. The quantitative estimate of drug-likeness (QED) is 0.762. The highest BCUT2D eigenvalue weighted by atomic mass is 19.1. The summed E-state index contributed by atoms with van der Waals surface area (Å²) >= 11 is 0. The van der Waals surface area contributed by atoms with Crippen molar-refractivity contribution in [3.63, 3.8) is 0 Å². The third-order valence-electron chi connectivity index (χ3n) is 7.12. The van der Waals surface area contributed by atoms with Crippen molar-refractivity contribution in [2.45, 2.75) is 50.4 Å². The molecule has 8 nitrogen and oxygen atoms in total. The number of likely N-dealkylation sites (tertiary alicyclic amines) is 1. The first-order valence-corrected chi connectivity index (χ1v) is 11.2. The van der Waals surface area contributed by atoms with Gasteiger partial charge in [-0.25, -0.2) is 4.39 Å². The van der Waals surface area contributed by atoms with E-state index in [2.05, 4.69) is 5.10 Å². The number of benzene rings is 1. The second-order valence-corrected chi connectivity index (χ2v) is 9.52. The number of amides is 2. The maximum atomic E-state index is 13.3. The van der Waals surface area contributed by atoms with Gasteiger partial charge in [0.15, 0.2) is 5.69 Å². The lowest BCUT2D eigenvalue weighted by molar-refractivity contribution is -0.207. The van der Waals surface area contributed by atoms with Crippen LogP contribution >= 0.6 is 0 Å². The number of likely N-dealkylation sites (N-methyl/N-ethyl adjacent to an activating group) is 1. The Bertz CT molecular complexity index is 1040. The van der Waals surface area contributed by atoms with Crippen molar-refractivity contribution in [2.24, 2.45) is 7.05 Å². The molecule has 9 heteroatoms. The normalized spacial score (nSPS) is 24.7. The predicted molar refractivity (Wildman–Crippen MR) is 120 cm³/mol. The number of hydrogen-bond acceptors (Lipinski definition) is 5. The van der Waals surface area contributed by atoms with Crippen LogP contribution in [0.15, 0.2) is 30.3 Å². The standard InChI is InChI=1S/C24H31FN4O4/c1-16(30)27(3)21-14-24(33-15-23(21,2)32)9-11-29(12-10-24)22(31)19-13-20(28(4)26-19)17-5-7-18(25)8-6-17/h5-8,13,21,32H,9-12,14-15H2,1-4H3/t21-,23-/m0/s1. The molecular weight excluding hydrogens is 427 g/mol. The molecule has 2 saturated heterocycles. The summed E-state index contributed by atoms with van der Waals surface area (Å²) in [5.74, 6) is -0.575. The molecule has 1 N–H and O–H groups in total. The largest absolute Gasteiger partial charge is 0.386 e. The summed E-state index contributed by atoms with van der Waals surface area (Å²) in [7, 11) is 3.47. The Morgan fingerprint density at radius 1 is 1.24 bits per heavy atom. The van der Waals surface area contributed by atoms with Crippen LogP contribution in [0.4, 0.5) is 4.39 Å². The smallest absolute Gasteiger partial charge is 0.274 e. The van der Waals surface area contributed by atoms with E-state index in [0.717, 1.165) is 11.3 Å². The van der Waals surface area contributed by atoms with Gasteiger partial charge in [0, 0.05) is 34.1 Å². The van der Waals surface area contributed by atoms with Gasteiger partial charge in [-0.05, 0) is 62.1 Å². The maximum absolute atomic E-state index is 13.3. The first kappa shape index (κ1) is 23.4. The Morgan fingerprint density at radius 2 is 1.88 bits per heavy atom. The Balaban J connectivity index is 1.45. The van der Waals surface area contributed by atoms with Crippen LogP contribution in [-0.2, 0) is 16.6 Å². The van der Waals surface area contributed by atoms with E-state index in [0.29, 0.717) is 38.0 Å². The molecule has 4 rings (SSSR count). The molecule has 2 aliphatic rings.